The number of hydrogen-bond acceptors (Lipinski definition) is 5. The quantitative estimate of drug-likeness (QED) is 0.566. The number of imidazole rings is 1. The number of nitrogens with zero attached hydrogens (tertiary/aromatic N) is 2. The number of aromatic hydroxyl groups is 1. The van der Waals surface area contributed by atoms with Crippen molar-refractivity contribution in [3.05, 3.63) is 53.6 Å². The van der Waals surface area contributed by atoms with E-state index in [9.17, 15) is 13.5 Å². The van der Waals surface area contributed by atoms with Crippen LogP contribution in [0.2, 0.25) is 5.02 Å². The molecular weight excluding hydrogens is 400 g/mol. The average molecular weight is 421 g/mol. The van der Waals surface area contributed by atoms with Gasteiger partial charge in [0, 0.05) is 35.5 Å². The molecule has 0 radical (unpaired) electrons. The first-order valence-corrected chi connectivity index (χ1v) is 10.8. The highest BCUT2D eigenvalue weighted by Gasteiger charge is 2.28. The molecular formula is C19H21ClN4O3S. The van der Waals surface area contributed by atoms with E-state index in [-0.39, 0.29) is 17.3 Å². The number of phenolic OH excluding ortho intramolecular Hbond substituents is 1. The number of rotatable bonds is 6. The summed E-state index contributed by atoms with van der Waals surface area (Å²) in [7, 11) is -3.33. The lowest BCUT2D eigenvalue weighted by molar-refractivity contribution is 0.475. The number of H-pyrrole nitrogens is 1. The van der Waals surface area contributed by atoms with Gasteiger partial charge in [-0.3, -0.25) is 4.98 Å². The van der Waals surface area contributed by atoms with Crippen LogP contribution >= 0.6 is 11.6 Å². The molecule has 0 saturated heterocycles. The maximum absolute atomic E-state index is 11.5. The molecule has 0 bridgehead atoms. The highest BCUT2D eigenvalue weighted by Crippen LogP contribution is 2.36. The number of phenols is 1. The molecule has 0 atom stereocenters. The number of aromatic nitrogens is 3. The maximum atomic E-state index is 11.5. The Kier molecular flexibility index (Phi) is 5.47. The van der Waals surface area contributed by atoms with E-state index in [0.29, 0.717) is 17.1 Å². The van der Waals surface area contributed by atoms with Gasteiger partial charge < -0.3 is 10.1 Å². The van der Waals surface area contributed by atoms with Crippen molar-refractivity contribution in [3.63, 3.8) is 0 Å². The summed E-state index contributed by atoms with van der Waals surface area (Å²) in [6.45, 7) is 3.97. The minimum atomic E-state index is -3.33. The van der Waals surface area contributed by atoms with Gasteiger partial charge in [0.25, 0.3) is 0 Å². The van der Waals surface area contributed by atoms with Crippen LogP contribution in [0.15, 0.2) is 42.7 Å². The minimum Gasteiger partial charge on any atom is -0.506 e. The van der Waals surface area contributed by atoms with Crippen molar-refractivity contribution in [1.29, 1.82) is 0 Å². The van der Waals surface area contributed by atoms with Crippen LogP contribution in [0, 0.1) is 0 Å². The minimum absolute atomic E-state index is 0.0394. The summed E-state index contributed by atoms with van der Waals surface area (Å²) in [6.07, 6.45) is 4.47. The van der Waals surface area contributed by atoms with Crippen molar-refractivity contribution in [2.24, 2.45) is 0 Å². The third-order valence-electron chi connectivity index (χ3n) is 4.31. The summed E-state index contributed by atoms with van der Waals surface area (Å²) in [5, 5.41) is 10.3. The fourth-order valence-electron chi connectivity index (χ4n) is 2.69. The van der Waals surface area contributed by atoms with Gasteiger partial charge in [0.2, 0.25) is 10.0 Å². The highest BCUT2D eigenvalue weighted by atomic mass is 35.5. The van der Waals surface area contributed by atoms with Gasteiger partial charge in [0.05, 0.1) is 22.7 Å². The molecule has 1 aromatic carbocycles. The molecule has 0 aliphatic heterocycles. The summed E-state index contributed by atoms with van der Waals surface area (Å²) in [5.41, 5.74) is 2.32. The molecule has 28 heavy (non-hydrogen) atoms. The Balaban J connectivity index is 2.11. The second-order valence-electron chi connectivity index (χ2n) is 7.19. The largest absolute Gasteiger partial charge is 0.506 e. The lowest BCUT2D eigenvalue weighted by atomic mass is 9.93. The molecule has 148 valence electrons. The number of sulfonamides is 1. The van der Waals surface area contributed by atoms with Crippen LogP contribution in [0.3, 0.4) is 0 Å². The van der Waals surface area contributed by atoms with Crippen molar-refractivity contribution in [1.82, 2.24) is 19.7 Å². The topological polar surface area (TPSA) is 108 Å². The molecule has 0 amide bonds. The van der Waals surface area contributed by atoms with E-state index in [4.69, 9.17) is 16.6 Å². The first-order valence-electron chi connectivity index (χ1n) is 8.51. The van der Waals surface area contributed by atoms with E-state index in [1.54, 1.807) is 30.6 Å². The Morgan fingerprint density at radius 2 is 1.86 bits per heavy atom. The molecule has 9 heteroatoms. The number of aromatic amines is 1. The van der Waals surface area contributed by atoms with Crippen LogP contribution in [0.25, 0.3) is 22.5 Å². The monoisotopic (exact) mass is 420 g/mol. The fourth-order valence-corrected chi connectivity index (χ4v) is 3.43. The van der Waals surface area contributed by atoms with E-state index in [2.05, 4.69) is 14.7 Å². The molecule has 0 aliphatic carbocycles. The SMILES string of the molecule is CC(C)(CNS(C)(=O)=O)c1nc(-c2ccc(Cl)c(O)c2)c(-c2ccncc2)[nH]1. The summed E-state index contributed by atoms with van der Waals surface area (Å²) >= 11 is 5.94. The van der Waals surface area contributed by atoms with Gasteiger partial charge in [-0.15, -0.1) is 0 Å². The Bertz CT molecular complexity index is 1100. The van der Waals surface area contributed by atoms with Gasteiger partial charge in [-0.25, -0.2) is 18.1 Å². The fraction of sp³-hybridized carbons (Fsp3) is 0.263. The van der Waals surface area contributed by atoms with Crippen LogP contribution in [0.1, 0.15) is 19.7 Å². The molecule has 2 aromatic heterocycles. The maximum Gasteiger partial charge on any atom is 0.208 e. The molecule has 7 nitrogen and oxygen atoms in total. The first-order chi connectivity index (χ1) is 13.1. The molecule has 0 aliphatic rings. The number of nitrogens with one attached hydrogen (secondary N) is 2. The molecule has 0 saturated carbocycles. The predicted octanol–water partition coefficient (Wildman–Crippen LogP) is 3.32. The molecule has 3 aromatic rings. The van der Waals surface area contributed by atoms with Crippen molar-refractivity contribution in [2.45, 2.75) is 19.3 Å². The Morgan fingerprint density at radius 1 is 1.18 bits per heavy atom. The summed E-state index contributed by atoms with van der Waals surface area (Å²) in [4.78, 5) is 12.1. The van der Waals surface area contributed by atoms with Gasteiger partial charge in [-0.05, 0) is 24.3 Å². The second kappa shape index (κ2) is 7.54. The normalized spacial score (nSPS) is 12.3. The van der Waals surface area contributed by atoms with Crippen LogP contribution in [-0.2, 0) is 15.4 Å². The molecule has 0 spiro atoms. The van der Waals surface area contributed by atoms with Crippen LogP contribution in [0.4, 0.5) is 0 Å². The lowest BCUT2D eigenvalue weighted by Gasteiger charge is -2.22. The molecule has 3 N–H and O–H groups in total. The summed E-state index contributed by atoms with van der Waals surface area (Å²) in [6, 6.07) is 8.62. The molecule has 0 fully saturated rings. The smallest absolute Gasteiger partial charge is 0.208 e. The van der Waals surface area contributed by atoms with Crippen LogP contribution in [0.5, 0.6) is 5.75 Å². The third kappa shape index (κ3) is 4.52. The molecule has 2 heterocycles. The second-order valence-corrected chi connectivity index (χ2v) is 9.43. The van der Waals surface area contributed by atoms with E-state index in [0.717, 1.165) is 17.5 Å². The molecule has 3 rings (SSSR count). The van der Waals surface area contributed by atoms with E-state index >= 15 is 0 Å². The first kappa shape index (κ1) is 20.3. The van der Waals surface area contributed by atoms with Gasteiger partial charge in [0.15, 0.2) is 0 Å². The highest BCUT2D eigenvalue weighted by molar-refractivity contribution is 7.88. The number of halogens is 1. The zero-order valence-electron chi connectivity index (χ0n) is 15.7. The Labute approximate surface area is 168 Å². The Morgan fingerprint density at radius 3 is 2.46 bits per heavy atom. The lowest BCUT2D eigenvalue weighted by Crippen LogP contribution is -2.36. The summed E-state index contributed by atoms with van der Waals surface area (Å²) in [5.74, 6) is 0.572. The standard InChI is InChI=1S/C19H21ClN4O3S/c1-19(2,11-22-28(3,26)27)18-23-16(12-6-8-21-9-7-12)17(24-18)13-4-5-14(20)15(25)10-13/h4-10,22,25H,11H2,1-3H3,(H,23,24). The third-order valence-corrected chi connectivity index (χ3v) is 5.30. The number of pyridine rings is 1. The van der Waals surface area contributed by atoms with Gasteiger partial charge >= 0.3 is 0 Å². The van der Waals surface area contributed by atoms with Crippen molar-refractivity contribution >= 4 is 21.6 Å². The Hall–Kier alpha value is -2.42. The van der Waals surface area contributed by atoms with Gasteiger partial charge in [-0.2, -0.15) is 0 Å². The average Bonchev–Trinajstić information content (AvgIpc) is 3.09. The van der Waals surface area contributed by atoms with E-state index in [1.807, 2.05) is 26.0 Å². The van der Waals surface area contributed by atoms with Crippen molar-refractivity contribution in [2.75, 3.05) is 12.8 Å². The van der Waals surface area contributed by atoms with Gasteiger partial charge in [0.1, 0.15) is 11.6 Å². The van der Waals surface area contributed by atoms with Crippen molar-refractivity contribution < 1.29 is 13.5 Å². The number of benzene rings is 1. The van der Waals surface area contributed by atoms with E-state index < -0.39 is 15.4 Å². The van der Waals surface area contributed by atoms with Crippen LogP contribution < -0.4 is 4.72 Å². The number of hydrogen-bond donors (Lipinski definition) is 3. The van der Waals surface area contributed by atoms with Crippen molar-refractivity contribution in [3.8, 4) is 28.3 Å². The summed E-state index contributed by atoms with van der Waals surface area (Å²) < 4.78 is 25.5. The zero-order valence-corrected chi connectivity index (χ0v) is 17.3. The van der Waals surface area contributed by atoms with Crippen LogP contribution in [-0.4, -0.2) is 41.3 Å². The van der Waals surface area contributed by atoms with E-state index in [1.165, 1.54) is 0 Å². The molecule has 0 unspecified atom stereocenters. The zero-order chi connectivity index (χ0) is 20.5. The predicted molar refractivity (Wildman–Crippen MR) is 110 cm³/mol. The van der Waals surface area contributed by atoms with Gasteiger partial charge in [-0.1, -0.05) is 31.5 Å².